The number of nitrogens with one attached hydrogen (secondary N) is 1. The number of halogens is 1. The van der Waals surface area contributed by atoms with Crippen LogP contribution in [0.2, 0.25) is 0 Å². The van der Waals surface area contributed by atoms with Crippen LogP contribution in [-0.2, 0) is 6.42 Å². The minimum absolute atomic E-state index is 0.0330. The first-order valence-electron chi connectivity index (χ1n) is 8.21. The summed E-state index contributed by atoms with van der Waals surface area (Å²) < 4.78 is 0. The highest BCUT2D eigenvalue weighted by atomic mass is 35.5. The normalized spacial score (nSPS) is 17.7. The SMILES string of the molecule is O=C(NCCCl)N1CCCC(c2nnc(Cc3ccccc3)s2)C1. The molecule has 2 amide bonds. The summed E-state index contributed by atoms with van der Waals surface area (Å²) in [5, 5.41) is 13.6. The number of rotatable bonds is 5. The summed E-state index contributed by atoms with van der Waals surface area (Å²) in [6, 6.07) is 10.3. The molecule has 2 aromatic rings. The van der Waals surface area contributed by atoms with E-state index in [0.717, 1.165) is 35.8 Å². The van der Waals surface area contributed by atoms with E-state index in [1.165, 1.54) is 5.56 Å². The summed E-state index contributed by atoms with van der Waals surface area (Å²) in [4.78, 5) is 14.0. The van der Waals surface area contributed by atoms with E-state index >= 15 is 0 Å². The number of benzene rings is 1. The Morgan fingerprint density at radius 2 is 2.17 bits per heavy atom. The lowest BCUT2D eigenvalue weighted by molar-refractivity contribution is 0.180. The second-order valence-corrected chi connectivity index (χ2v) is 7.37. The zero-order valence-electron chi connectivity index (χ0n) is 13.4. The number of nitrogens with zero attached hydrogens (tertiary/aromatic N) is 3. The zero-order valence-corrected chi connectivity index (χ0v) is 15.0. The molecule has 1 unspecified atom stereocenters. The predicted octanol–water partition coefficient (Wildman–Crippen LogP) is 3.26. The van der Waals surface area contributed by atoms with E-state index in [-0.39, 0.29) is 11.9 Å². The van der Waals surface area contributed by atoms with E-state index < -0.39 is 0 Å². The second-order valence-electron chi connectivity index (χ2n) is 5.90. The molecule has 1 aliphatic rings. The molecule has 0 spiro atoms. The van der Waals surface area contributed by atoms with Gasteiger partial charge in [-0.3, -0.25) is 0 Å². The van der Waals surface area contributed by atoms with Crippen LogP contribution < -0.4 is 5.32 Å². The molecular formula is C17H21ClN4OS. The second kappa shape index (κ2) is 8.44. The molecule has 1 aromatic heterocycles. The maximum Gasteiger partial charge on any atom is 0.317 e. The van der Waals surface area contributed by atoms with Crippen LogP contribution in [0.25, 0.3) is 0 Å². The van der Waals surface area contributed by atoms with Crippen molar-refractivity contribution in [2.45, 2.75) is 25.2 Å². The highest BCUT2D eigenvalue weighted by Gasteiger charge is 2.27. The number of hydrogen-bond donors (Lipinski definition) is 1. The third-order valence-electron chi connectivity index (χ3n) is 4.11. The fraction of sp³-hybridized carbons (Fsp3) is 0.471. The van der Waals surface area contributed by atoms with Crippen molar-refractivity contribution in [1.82, 2.24) is 20.4 Å². The van der Waals surface area contributed by atoms with Crippen LogP contribution in [0.1, 0.15) is 34.3 Å². The molecule has 0 saturated carbocycles. The van der Waals surface area contributed by atoms with Crippen molar-refractivity contribution in [3.05, 3.63) is 45.9 Å². The van der Waals surface area contributed by atoms with Crippen molar-refractivity contribution in [3.63, 3.8) is 0 Å². The van der Waals surface area contributed by atoms with E-state index in [2.05, 4.69) is 27.6 Å². The molecule has 1 aromatic carbocycles. The molecular weight excluding hydrogens is 344 g/mol. The molecule has 0 aliphatic carbocycles. The molecule has 1 aliphatic heterocycles. The molecule has 0 radical (unpaired) electrons. The summed E-state index contributed by atoms with van der Waals surface area (Å²) in [6.45, 7) is 2.00. The molecule has 5 nitrogen and oxygen atoms in total. The number of carbonyl (C=O) groups excluding carboxylic acids is 1. The lowest BCUT2D eigenvalue weighted by atomic mass is 9.99. The maximum absolute atomic E-state index is 12.1. The Hall–Kier alpha value is -1.66. The average Bonchev–Trinajstić information content (AvgIpc) is 3.09. The van der Waals surface area contributed by atoms with Gasteiger partial charge < -0.3 is 10.2 Å². The standard InChI is InChI=1S/C17H21ClN4OS/c18-8-9-19-17(23)22-10-4-7-14(12-22)16-21-20-15(24-16)11-13-5-2-1-3-6-13/h1-3,5-6,14H,4,7-12H2,(H,19,23). The van der Waals surface area contributed by atoms with Crippen LogP contribution in [0, 0.1) is 0 Å². The fourth-order valence-corrected chi connectivity index (χ4v) is 4.00. The third-order valence-corrected chi connectivity index (χ3v) is 5.38. The summed E-state index contributed by atoms with van der Waals surface area (Å²) >= 11 is 7.29. The van der Waals surface area contributed by atoms with Gasteiger partial charge in [-0.2, -0.15) is 0 Å². The van der Waals surface area contributed by atoms with Gasteiger partial charge in [0, 0.05) is 37.9 Å². The molecule has 1 atom stereocenters. The van der Waals surface area contributed by atoms with Crippen LogP contribution in [-0.4, -0.2) is 46.6 Å². The molecule has 0 bridgehead atoms. The van der Waals surface area contributed by atoms with Crippen molar-refractivity contribution in [1.29, 1.82) is 0 Å². The number of alkyl halides is 1. The van der Waals surface area contributed by atoms with Crippen LogP contribution >= 0.6 is 22.9 Å². The van der Waals surface area contributed by atoms with Gasteiger partial charge in [0.25, 0.3) is 0 Å². The Bertz CT molecular complexity index is 664. The number of aromatic nitrogens is 2. The zero-order chi connectivity index (χ0) is 16.8. The Morgan fingerprint density at radius 1 is 1.33 bits per heavy atom. The summed E-state index contributed by atoms with van der Waals surface area (Å²) in [5.74, 6) is 0.713. The maximum atomic E-state index is 12.1. The lowest BCUT2D eigenvalue weighted by Gasteiger charge is -2.31. The van der Waals surface area contributed by atoms with Crippen LogP contribution in [0.15, 0.2) is 30.3 Å². The van der Waals surface area contributed by atoms with Crippen molar-refractivity contribution in [2.75, 3.05) is 25.5 Å². The van der Waals surface area contributed by atoms with Crippen LogP contribution in [0.3, 0.4) is 0 Å². The van der Waals surface area contributed by atoms with Crippen LogP contribution in [0.5, 0.6) is 0 Å². The minimum Gasteiger partial charge on any atom is -0.337 e. The molecule has 3 rings (SSSR count). The van der Waals surface area contributed by atoms with E-state index in [9.17, 15) is 4.79 Å². The van der Waals surface area contributed by atoms with Gasteiger partial charge in [0.05, 0.1) is 0 Å². The summed E-state index contributed by atoms with van der Waals surface area (Å²) in [6.07, 6.45) is 2.86. The Morgan fingerprint density at radius 3 is 2.96 bits per heavy atom. The molecule has 24 heavy (non-hydrogen) atoms. The quantitative estimate of drug-likeness (QED) is 0.828. The minimum atomic E-state index is -0.0330. The van der Waals surface area contributed by atoms with Gasteiger partial charge in [-0.1, -0.05) is 30.3 Å². The average molecular weight is 365 g/mol. The van der Waals surface area contributed by atoms with Gasteiger partial charge in [0.1, 0.15) is 10.0 Å². The Kier molecular flexibility index (Phi) is 6.04. The third kappa shape index (κ3) is 4.45. The molecule has 1 fully saturated rings. The number of piperidine rings is 1. The largest absolute Gasteiger partial charge is 0.337 e. The van der Waals surface area contributed by atoms with Crippen molar-refractivity contribution in [3.8, 4) is 0 Å². The number of hydrogen-bond acceptors (Lipinski definition) is 4. The fourth-order valence-electron chi connectivity index (χ4n) is 2.90. The topological polar surface area (TPSA) is 58.1 Å². The Balaban J connectivity index is 1.61. The number of amides is 2. The molecule has 1 saturated heterocycles. The van der Waals surface area contributed by atoms with E-state index in [1.54, 1.807) is 11.3 Å². The van der Waals surface area contributed by atoms with Gasteiger partial charge in [0.2, 0.25) is 0 Å². The van der Waals surface area contributed by atoms with Crippen molar-refractivity contribution >= 4 is 29.0 Å². The Labute approximate surface area is 151 Å². The van der Waals surface area contributed by atoms with E-state index in [4.69, 9.17) is 11.6 Å². The van der Waals surface area contributed by atoms with Crippen LogP contribution in [0.4, 0.5) is 4.79 Å². The lowest BCUT2D eigenvalue weighted by Crippen LogP contribution is -2.45. The highest BCUT2D eigenvalue weighted by molar-refractivity contribution is 7.11. The molecule has 7 heteroatoms. The predicted molar refractivity (Wildman–Crippen MR) is 96.8 cm³/mol. The van der Waals surface area contributed by atoms with E-state index in [0.29, 0.717) is 19.0 Å². The molecule has 1 N–H and O–H groups in total. The highest BCUT2D eigenvalue weighted by Crippen LogP contribution is 2.29. The number of urea groups is 1. The summed E-state index contributed by atoms with van der Waals surface area (Å²) in [5.41, 5.74) is 1.24. The summed E-state index contributed by atoms with van der Waals surface area (Å²) in [7, 11) is 0. The first-order chi connectivity index (χ1) is 11.8. The van der Waals surface area contributed by atoms with Gasteiger partial charge in [-0.25, -0.2) is 4.79 Å². The van der Waals surface area contributed by atoms with Gasteiger partial charge in [-0.15, -0.1) is 33.1 Å². The first kappa shape index (κ1) is 17.2. The van der Waals surface area contributed by atoms with Gasteiger partial charge in [-0.05, 0) is 18.4 Å². The smallest absolute Gasteiger partial charge is 0.317 e. The van der Waals surface area contributed by atoms with Gasteiger partial charge >= 0.3 is 6.03 Å². The first-order valence-corrected chi connectivity index (χ1v) is 9.56. The molecule has 128 valence electrons. The van der Waals surface area contributed by atoms with Crippen molar-refractivity contribution in [2.24, 2.45) is 0 Å². The molecule has 2 heterocycles. The van der Waals surface area contributed by atoms with Crippen molar-refractivity contribution < 1.29 is 4.79 Å². The number of likely N-dealkylation sites (tertiary alicyclic amines) is 1. The van der Waals surface area contributed by atoms with Gasteiger partial charge in [0.15, 0.2) is 0 Å². The number of carbonyl (C=O) groups is 1. The van der Waals surface area contributed by atoms with E-state index in [1.807, 2.05) is 23.1 Å². The monoisotopic (exact) mass is 364 g/mol.